The third-order valence-electron chi connectivity index (χ3n) is 4.15. The summed E-state index contributed by atoms with van der Waals surface area (Å²) in [6, 6.07) is 13.5. The fourth-order valence-corrected chi connectivity index (χ4v) is 2.88. The summed E-state index contributed by atoms with van der Waals surface area (Å²) in [5.74, 6) is -0.527. The summed E-state index contributed by atoms with van der Waals surface area (Å²) in [5, 5.41) is 8.98. The summed E-state index contributed by atoms with van der Waals surface area (Å²) < 4.78 is 5.08. The fourth-order valence-electron chi connectivity index (χ4n) is 2.50. The van der Waals surface area contributed by atoms with E-state index in [-0.39, 0.29) is 22.7 Å². The van der Waals surface area contributed by atoms with Crippen LogP contribution >= 0.6 is 23.8 Å². The maximum atomic E-state index is 12.4. The monoisotopic (exact) mass is 427 g/mol. The van der Waals surface area contributed by atoms with Crippen LogP contribution in [-0.2, 0) is 0 Å². The van der Waals surface area contributed by atoms with Crippen LogP contribution in [0.5, 0.6) is 0 Å². The number of thiocarbonyl (C=S) groups is 1. The van der Waals surface area contributed by atoms with Gasteiger partial charge in [0.05, 0.1) is 6.26 Å². The lowest BCUT2D eigenvalue weighted by Crippen LogP contribution is -2.34. The van der Waals surface area contributed by atoms with Crippen LogP contribution in [0.2, 0.25) is 5.02 Å². The van der Waals surface area contributed by atoms with E-state index < -0.39 is 0 Å². The van der Waals surface area contributed by atoms with Gasteiger partial charge in [-0.3, -0.25) is 14.9 Å². The number of furan rings is 1. The molecule has 0 aliphatic heterocycles. The van der Waals surface area contributed by atoms with Crippen molar-refractivity contribution in [1.82, 2.24) is 5.32 Å². The van der Waals surface area contributed by atoms with Gasteiger partial charge in [-0.05, 0) is 73.6 Å². The molecule has 0 bridgehead atoms. The molecule has 0 saturated carbocycles. The molecule has 0 radical (unpaired) electrons. The van der Waals surface area contributed by atoms with E-state index in [4.69, 9.17) is 28.2 Å². The van der Waals surface area contributed by atoms with Crippen molar-refractivity contribution in [3.05, 3.63) is 82.3 Å². The molecule has 0 saturated heterocycles. The number of anilines is 2. The zero-order valence-corrected chi connectivity index (χ0v) is 17.3. The average molecular weight is 428 g/mol. The summed E-state index contributed by atoms with van der Waals surface area (Å²) in [5.41, 5.74) is 3.37. The molecule has 8 heteroatoms. The molecule has 6 nitrogen and oxygen atoms in total. The summed E-state index contributed by atoms with van der Waals surface area (Å²) in [6.45, 7) is 3.74. The van der Waals surface area contributed by atoms with Gasteiger partial charge in [-0.2, -0.15) is 0 Å². The molecule has 2 aromatic carbocycles. The fraction of sp³-hybridized carbons (Fsp3) is 0.0952. The number of carbonyl (C=O) groups excluding carboxylic acids is 2. The van der Waals surface area contributed by atoms with Crippen molar-refractivity contribution >= 4 is 52.1 Å². The molecule has 3 aromatic rings. The van der Waals surface area contributed by atoms with Crippen molar-refractivity contribution in [2.24, 2.45) is 0 Å². The number of aryl methyl sites for hydroxylation is 2. The van der Waals surface area contributed by atoms with Crippen LogP contribution in [-0.4, -0.2) is 16.9 Å². The van der Waals surface area contributed by atoms with Crippen LogP contribution < -0.4 is 16.0 Å². The first kappa shape index (κ1) is 20.6. The van der Waals surface area contributed by atoms with Crippen molar-refractivity contribution < 1.29 is 14.0 Å². The first-order chi connectivity index (χ1) is 13.8. The lowest BCUT2D eigenvalue weighted by atomic mass is 10.1. The van der Waals surface area contributed by atoms with Crippen LogP contribution in [0.25, 0.3) is 0 Å². The Kier molecular flexibility index (Phi) is 6.31. The van der Waals surface area contributed by atoms with Crippen molar-refractivity contribution in [2.45, 2.75) is 13.8 Å². The van der Waals surface area contributed by atoms with E-state index in [9.17, 15) is 9.59 Å². The zero-order chi connectivity index (χ0) is 21.0. The normalized spacial score (nSPS) is 10.3. The van der Waals surface area contributed by atoms with Crippen molar-refractivity contribution in [1.29, 1.82) is 0 Å². The van der Waals surface area contributed by atoms with Gasteiger partial charge in [-0.1, -0.05) is 23.7 Å². The lowest BCUT2D eigenvalue weighted by Gasteiger charge is -2.14. The summed E-state index contributed by atoms with van der Waals surface area (Å²) in [4.78, 5) is 24.5. The molecular formula is C21H18ClN3O3S. The van der Waals surface area contributed by atoms with E-state index in [1.807, 2.05) is 19.9 Å². The highest BCUT2D eigenvalue weighted by molar-refractivity contribution is 7.80. The van der Waals surface area contributed by atoms with Crippen LogP contribution in [0.4, 0.5) is 11.4 Å². The highest BCUT2D eigenvalue weighted by Crippen LogP contribution is 2.21. The van der Waals surface area contributed by atoms with Crippen LogP contribution in [0.1, 0.15) is 32.0 Å². The second-order valence-electron chi connectivity index (χ2n) is 6.33. The first-order valence-electron chi connectivity index (χ1n) is 8.67. The number of hydrogen-bond donors (Lipinski definition) is 3. The average Bonchev–Trinajstić information content (AvgIpc) is 3.21. The molecule has 0 fully saturated rings. The topological polar surface area (TPSA) is 83.4 Å². The molecule has 0 spiro atoms. The van der Waals surface area contributed by atoms with Gasteiger partial charge in [0.1, 0.15) is 0 Å². The van der Waals surface area contributed by atoms with Crippen LogP contribution in [0, 0.1) is 13.8 Å². The van der Waals surface area contributed by atoms with E-state index in [0.717, 1.165) is 11.1 Å². The maximum Gasteiger partial charge on any atom is 0.291 e. The minimum absolute atomic E-state index is 0.129. The Bertz CT molecular complexity index is 1080. The van der Waals surface area contributed by atoms with Gasteiger partial charge in [-0.15, -0.1) is 0 Å². The first-order valence-corrected chi connectivity index (χ1v) is 9.46. The molecule has 148 valence electrons. The number of nitrogens with one attached hydrogen (secondary N) is 3. The second kappa shape index (κ2) is 8.89. The van der Waals surface area contributed by atoms with E-state index >= 15 is 0 Å². The predicted octanol–water partition coefficient (Wildman–Crippen LogP) is 4.93. The summed E-state index contributed by atoms with van der Waals surface area (Å²) in [6.07, 6.45) is 1.43. The number of halogens is 1. The number of rotatable bonds is 4. The Morgan fingerprint density at radius 3 is 2.41 bits per heavy atom. The third kappa shape index (κ3) is 5.22. The highest BCUT2D eigenvalue weighted by Gasteiger charge is 2.12. The standard InChI is InChI=1S/C21H18ClN3O3S/c1-12-5-7-14(10-16(12)22)19(26)25-21(29)24-17-11-15(8-6-13(17)2)23-20(27)18-4-3-9-28-18/h3-11H,1-2H3,(H,23,27)(H2,24,25,26,29). The van der Waals surface area contributed by atoms with E-state index in [2.05, 4.69) is 16.0 Å². The van der Waals surface area contributed by atoms with E-state index in [1.165, 1.54) is 6.26 Å². The molecule has 0 aliphatic carbocycles. The largest absolute Gasteiger partial charge is 0.459 e. The molecule has 0 unspecified atom stereocenters. The van der Waals surface area contributed by atoms with E-state index in [0.29, 0.717) is 22.0 Å². The quantitative estimate of drug-likeness (QED) is 0.514. The molecular weight excluding hydrogens is 410 g/mol. The number of benzene rings is 2. The zero-order valence-electron chi connectivity index (χ0n) is 15.7. The van der Waals surface area contributed by atoms with Crippen LogP contribution in [0.3, 0.4) is 0 Å². The number of amides is 2. The lowest BCUT2D eigenvalue weighted by molar-refractivity contribution is 0.0975. The predicted molar refractivity (Wildman–Crippen MR) is 118 cm³/mol. The molecule has 3 rings (SSSR count). The molecule has 3 N–H and O–H groups in total. The van der Waals surface area contributed by atoms with Gasteiger partial charge < -0.3 is 15.1 Å². The number of carbonyl (C=O) groups is 2. The van der Waals surface area contributed by atoms with Gasteiger partial charge in [0, 0.05) is 22.0 Å². The minimum Gasteiger partial charge on any atom is -0.459 e. The SMILES string of the molecule is Cc1ccc(C(=O)NC(=S)Nc2cc(NC(=O)c3ccco3)ccc2C)cc1Cl. The number of hydrogen-bond acceptors (Lipinski definition) is 4. The Morgan fingerprint density at radius 1 is 0.966 bits per heavy atom. The van der Waals surface area contributed by atoms with Gasteiger partial charge >= 0.3 is 0 Å². The smallest absolute Gasteiger partial charge is 0.291 e. The van der Waals surface area contributed by atoms with Gasteiger partial charge in [0.2, 0.25) is 0 Å². The second-order valence-corrected chi connectivity index (χ2v) is 7.15. The Balaban J connectivity index is 1.67. The van der Waals surface area contributed by atoms with E-state index in [1.54, 1.807) is 42.5 Å². The molecule has 29 heavy (non-hydrogen) atoms. The molecule has 0 aliphatic rings. The molecule has 1 heterocycles. The Labute approximate surface area is 178 Å². The molecule has 2 amide bonds. The highest BCUT2D eigenvalue weighted by atomic mass is 35.5. The summed E-state index contributed by atoms with van der Waals surface area (Å²) >= 11 is 11.3. The maximum absolute atomic E-state index is 12.4. The minimum atomic E-state index is -0.371. The van der Waals surface area contributed by atoms with Crippen LogP contribution in [0.15, 0.2) is 59.2 Å². The van der Waals surface area contributed by atoms with Gasteiger partial charge in [-0.25, -0.2) is 0 Å². The van der Waals surface area contributed by atoms with Gasteiger partial charge in [0.15, 0.2) is 10.9 Å². The Morgan fingerprint density at radius 2 is 1.72 bits per heavy atom. The summed E-state index contributed by atoms with van der Waals surface area (Å²) in [7, 11) is 0. The molecule has 0 atom stereocenters. The van der Waals surface area contributed by atoms with Crippen molar-refractivity contribution in [3.8, 4) is 0 Å². The third-order valence-corrected chi connectivity index (χ3v) is 4.76. The van der Waals surface area contributed by atoms with Crippen molar-refractivity contribution in [2.75, 3.05) is 10.6 Å². The molecule has 1 aromatic heterocycles. The van der Waals surface area contributed by atoms with Crippen molar-refractivity contribution in [3.63, 3.8) is 0 Å². The van der Waals surface area contributed by atoms with Gasteiger partial charge in [0.25, 0.3) is 11.8 Å². The Hall–Kier alpha value is -3.16.